The molecule has 108 valence electrons. The first-order valence-corrected chi connectivity index (χ1v) is 7.32. The molecule has 0 spiro atoms. The fourth-order valence-electron chi connectivity index (χ4n) is 2.32. The number of halogens is 2. The van der Waals surface area contributed by atoms with E-state index in [0.717, 1.165) is 0 Å². The number of likely N-dealkylation sites (tertiary alicyclic amines) is 1. The third-order valence-electron chi connectivity index (χ3n) is 3.38. The maximum absolute atomic E-state index is 12.2. The number of nitrogens with one attached hydrogen (secondary N) is 1. The van der Waals surface area contributed by atoms with Gasteiger partial charge < -0.3 is 15.3 Å². The summed E-state index contributed by atoms with van der Waals surface area (Å²) in [5.41, 5.74) is 0.565. The van der Waals surface area contributed by atoms with Crippen molar-refractivity contribution in [1.29, 1.82) is 0 Å². The van der Waals surface area contributed by atoms with Crippen molar-refractivity contribution in [3.8, 4) is 0 Å². The number of urea groups is 1. The van der Waals surface area contributed by atoms with Crippen LogP contribution in [-0.2, 0) is 4.79 Å². The van der Waals surface area contributed by atoms with Crippen LogP contribution in [0.5, 0.6) is 0 Å². The highest BCUT2D eigenvalue weighted by Crippen LogP contribution is 2.28. The number of hydrogen-bond acceptors (Lipinski definition) is 2. The summed E-state index contributed by atoms with van der Waals surface area (Å²) in [6.45, 7) is 2.28. The summed E-state index contributed by atoms with van der Waals surface area (Å²) in [5, 5.41) is 12.4. The van der Waals surface area contributed by atoms with Crippen LogP contribution in [0, 0.1) is 5.92 Å². The molecule has 2 rings (SSSR count). The molecule has 2 N–H and O–H groups in total. The molecule has 1 aliphatic heterocycles. The number of rotatable bonds is 2. The zero-order valence-electron chi connectivity index (χ0n) is 10.8. The van der Waals surface area contributed by atoms with E-state index in [1.807, 2.05) is 6.92 Å². The molecular formula is C13H14BrClN2O3. The highest BCUT2D eigenvalue weighted by atomic mass is 79.9. The Balaban J connectivity index is 2.11. The number of carbonyl (C=O) groups is 2. The van der Waals surface area contributed by atoms with Crippen LogP contribution in [0.4, 0.5) is 10.5 Å². The lowest BCUT2D eigenvalue weighted by Gasteiger charge is -2.23. The van der Waals surface area contributed by atoms with Crippen molar-refractivity contribution in [3.05, 3.63) is 27.7 Å². The minimum absolute atomic E-state index is 0.0461. The molecule has 0 saturated carbocycles. The fourth-order valence-corrected chi connectivity index (χ4v) is 2.82. The van der Waals surface area contributed by atoms with E-state index in [1.54, 1.807) is 18.2 Å². The standard InChI is InChI=1S/C13H14BrClN2O3/c1-7-4-5-17(11(7)12(18)19)13(20)16-8-2-3-10(15)9(14)6-8/h2-3,6-7,11H,4-5H2,1H3,(H,16,20)(H,18,19). The fraction of sp³-hybridized carbons (Fsp3) is 0.385. The van der Waals surface area contributed by atoms with E-state index in [0.29, 0.717) is 28.1 Å². The molecule has 2 amide bonds. The molecule has 2 atom stereocenters. The molecule has 0 aromatic heterocycles. The van der Waals surface area contributed by atoms with Gasteiger partial charge in [0.05, 0.1) is 5.02 Å². The van der Waals surface area contributed by atoms with Gasteiger partial charge in [-0.15, -0.1) is 0 Å². The quantitative estimate of drug-likeness (QED) is 0.848. The van der Waals surface area contributed by atoms with E-state index in [4.69, 9.17) is 11.6 Å². The van der Waals surface area contributed by atoms with Gasteiger partial charge in [0.15, 0.2) is 0 Å². The number of hydrogen-bond donors (Lipinski definition) is 2. The van der Waals surface area contributed by atoms with Gasteiger partial charge in [0, 0.05) is 16.7 Å². The highest BCUT2D eigenvalue weighted by Gasteiger charge is 2.39. The number of benzene rings is 1. The highest BCUT2D eigenvalue weighted by molar-refractivity contribution is 9.10. The zero-order valence-corrected chi connectivity index (χ0v) is 13.1. The molecule has 0 radical (unpaired) electrons. The van der Waals surface area contributed by atoms with Gasteiger partial charge in [-0.2, -0.15) is 0 Å². The minimum atomic E-state index is -0.970. The molecular weight excluding hydrogens is 348 g/mol. The van der Waals surface area contributed by atoms with Crippen LogP contribution in [0.15, 0.2) is 22.7 Å². The first kappa shape index (κ1) is 15.1. The first-order chi connectivity index (χ1) is 9.40. The van der Waals surface area contributed by atoms with Crippen molar-refractivity contribution in [2.45, 2.75) is 19.4 Å². The molecule has 0 aliphatic carbocycles. The molecule has 1 aromatic carbocycles. The largest absolute Gasteiger partial charge is 0.480 e. The topological polar surface area (TPSA) is 69.6 Å². The van der Waals surface area contributed by atoms with Gasteiger partial charge in [0.1, 0.15) is 6.04 Å². The number of carbonyl (C=O) groups excluding carboxylic acids is 1. The predicted octanol–water partition coefficient (Wildman–Crippen LogP) is 3.43. The SMILES string of the molecule is CC1CCN(C(=O)Nc2ccc(Cl)c(Br)c2)C1C(=O)O. The van der Waals surface area contributed by atoms with Gasteiger partial charge in [-0.3, -0.25) is 0 Å². The van der Waals surface area contributed by atoms with Crippen LogP contribution in [-0.4, -0.2) is 34.6 Å². The second kappa shape index (κ2) is 6.01. The summed E-state index contributed by atoms with van der Waals surface area (Å²) >= 11 is 9.15. The Morgan fingerprint density at radius 1 is 1.50 bits per heavy atom. The Morgan fingerprint density at radius 2 is 2.20 bits per heavy atom. The number of amides is 2. The van der Waals surface area contributed by atoms with Crippen LogP contribution in [0.1, 0.15) is 13.3 Å². The molecule has 1 saturated heterocycles. The molecule has 1 aromatic rings. The Kier molecular flexibility index (Phi) is 4.55. The third-order valence-corrected chi connectivity index (χ3v) is 4.60. The average Bonchev–Trinajstić information content (AvgIpc) is 2.76. The van der Waals surface area contributed by atoms with E-state index >= 15 is 0 Å². The molecule has 1 aliphatic rings. The first-order valence-electron chi connectivity index (χ1n) is 6.15. The Morgan fingerprint density at radius 3 is 2.80 bits per heavy atom. The summed E-state index contributed by atoms with van der Waals surface area (Å²) in [4.78, 5) is 24.8. The lowest BCUT2D eigenvalue weighted by Crippen LogP contribution is -2.44. The Labute approximate surface area is 130 Å². The van der Waals surface area contributed by atoms with Gasteiger partial charge in [-0.05, 0) is 46.5 Å². The van der Waals surface area contributed by atoms with Crippen molar-refractivity contribution >= 4 is 45.2 Å². The van der Waals surface area contributed by atoms with E-state index in [1.165, 1.54) is 4.90 Å². The van der Waals surface area contributed by atoms with Crippen molar-refractivity contribution in [3.63, 3.8) is 0 Å². The van der Waals surface area contributed by atoms with Crippen LogP contribution in [0.25, 0.3) is 0 Å². The van der Waals surface area contributed by atoms with Gasteiger partial charge in [-0.1, -0.05) is 18.5 Å². The molecule has 1 heterocycles. The normalized spacial score (nSPS) is 21.9. The number of nitrogens with zero attached hydrogens (tertiary/aromatic N) is 1. The van der Waals surface area contributed by atoms with E-state index in [-0.39, 0.29) is 5.92 Å². The zero-order chi connectivity index (χ0) is 14.9. The lowest BCUT2D eigenvalue weighted by molar-refractivity contribution is -0.142. The van der Waals surface area contributed by atoms with Gasteiger partial charge >= 0.3 is 12.0 Å². The van der Waals surface area contributed by atoms with Crippen molar-refractivity contribution in [2.24, 2.45) is 5.92 Å². The maximum Gasteiger partial charge on any atom is 0.326 e. The van der Waals surface area contributed by atoms with Crippen LogP contribution in [0.3, 0.4) is 0 Å². The predicted molar refractivity (Wildman–Crippen MR) is 80.1 cm³/mol. The molecule has 5 nitrogen and oxygen atoms in total. The second-order valence-electron chi connectivity index (χ2n) is 4.80. The van der Waals surface area contributed by atoms with Gasteiger partial charge in [-0.25, -0.2) is 9.59 Å². The number of aliphatic carboxylic acids is 1. The Hall–Kier alpha value is -1.27. The maximum atomic E-state index is 12.2. The molecule has 0 bridgehead atoms. The lowest BCUT2D eigenvalue weighted by atomic mass is 10.0. The molecule has 1 fully saturated rings. The summed E-state index contributed by atoms with van der Waals surface area (Å²) in [5.74, 6) is -1.02. The number of anilines is 1. The monoisotopic (exact) mass is 360 g/mol. The number of carboxylic acids is 1. The van der Waals surface area contributed by atoms with Crippen LogP contribution in [0.2, 0.25) is 5.02 Å². The second-order valence-corrected chi connectivity index (χ2v) is 6.06. The summed E-state index contributed by atoms with van der Waals surface area (Å²) in [7, 11) is 0. The van der Waals surface area contributed by atoms with E-state index in [2.05, 4.69) is 21.2 Å². The van der Waals surface area contributed by atoms with Crippen LogP contribution >= 0.6 is 27.5 Å². The van der Waals surface area contributed by atoms with E-state index in [9.17, 15) is 14.7 Å². The van der Waals surface area contributed by atoms with Crippen molar-refractivity contribution in [2.75, 3.05) is 11.9 Å². The average molecular weight is 362 g/mol. The summed E-state index contributed by atoms with van der Waals surface area (Å²) in [6.07, 6.45) is 0.689. The number of carboxylic acid groups (broad SMARTS) is 1. The van der Waals surface area contributed by atoms with Gasteiger partial charge in [0.2, 0.25) is 0 Å². The molecule has 7 heteroatoms. The summed E-state index contributed by atoms with van der Waals surface area (Å²) < 4.78 is 0.668. The Bertz CT molecular complexity index is 552. The smallest absolute Gasteiger partial charge is 0.326 e. The van der Waals surface area contributed by atoms with Gasteiger partial charge in [0.25, 0.3) is 0 Å². The molecule has 20 heavy (non-hydrogen) atoms. The minimum Gasteiger partial charge on any atom is -0.480 e. The third kappa shape index (κ3) is 3.07. The van der Waals surface area contributed by atoms with E-state index < -0.39 is 18.0 Å². The molecule has 2 unspecified atom stereocenters. The van der Waals surface area contributed by atoms with Crippen LogP contribution < -0.4 is 5.32 Å². The van der Waals surface area contributed by atoms with Crippen molar-refractivity contribution < 1.29 is 14.7 Å². The summed E-state index contributed by atoms with van der Waals surface area (Å²) in [6, 6.07) is 3.82. The van der Waals surface area contributed by atoms with Crippen molar-refractivity contribution in [1.82, 2.24) is 4.90 Å².